The Hall–Kier alpha value is -2.45. The van der Waals surface area contributed by atoms with E-state index in [1.165, 1.54) is 23.9 Å². The maximum absolute atomic E-state index is 12.0. The SMILES string of the molecule is O=C1NC(=Nc2ccc(Br)cc2)SC1=Cc1ccc([N+](=O)[O-])cc1. The molecule has 0 unspecified atom stereocenters. The monoisotopic (exact) mass is 403 g/mol. The van der Waals surface area contributed by atoms with Crippen molar-refractivity contribution in [2.75, 3.05) is 0 Å². The minimum atomic E-state index is -0.461. The van der Waals surface area contributed by atoms with Gasteiger partial charge in [0.2, 0.25) is 0 Å². The first-order chi connectivity index (χ1) is 11.5. The highest BCUT2D eigenvalue weighted by Crippen LogP contribution is 2.28. The number of amidine groups is 1. The van der Waals surface area contributed by atoms with Gasteiger partial charge in [-0.3, -0.25) is 14.9 Å². The molecule has 24 heavy (non-hydrogen) atoms. The van der Waals surface area contributed by atoms with Crippen LogP contribution in [0.4, 0.5) is 11.4 Å². The van der Waals surface area contributed by atoms with E-state index >= 15 is 0 Å². The predicted molar refractivity (Wildman–Crippen MR) is 98.0 cm³/mol. The fourth-order valence-corrected chi connectivity index (χ4v) is 3.06. The predicted octanol–water partition coefficient (Wildman–Crippen LogP) is 4.25. The van der Waals surface area contributed by atoms with Crippen LogP contribution in [-0.2, 0) is 4.79 Å². The summed E-state index contributed by atoms with van der Waals surface area (Å²) in [5.41, 5.74) is 1.46. The number of halogens is 1. The van der Waals surface area contributed by atoms with Crippen molar-refractivity contribution in [2.24, 2.45) is 4.99 Å². The molecule has 1 aliphatic heterocycles. The molecule has 1 fully saturated rings. The number of nitro benzene ring substituents is 1. The first-order valence-electron chi connectivity index (χ1n) is 6.81. The molecule has 1 aliphatic rings. The average Bonchev–Trinajstić information content (AvgIpc) is 2.89. The fourth-order valence-electron chi connectivity index (χ4n) is 1.96. The fraction of sp³-hybridized carbons (Fsp3) is 0. The van der Waals surface area contributed by atoms with Crippen LogP contribution in [0, 0.1) is 10.1 Å². The van der Waals surface area contributed by atoms with Gasteiger partial charge in [-0.05, 0) is 59.8 Å². The van der Waals surface area contributed by atoms with E-state index in [1.807, 2.05) is 24.3 Å². The molecule has 0 atom stereocenters. The van der Waals surface area contributed by atoms with Crippen molar-refractivity contribution in [3.63, 3.8) is 0 Å². The standard InChI is InChI=1S/C16H10BrN3O3S/c17-11-3-5-12(6-4-11)18-16-19-15(21)14(24-16)9-10-1-7-13(8-2-10)20(22)23/h1-9H,(H,18,19,21). The molecule has 6 nitrogen and oxygen atoms in total. The number of carbonyl (C=O) groups excluding carboxylic acids is 1. The van der Waals surface area contributed by atoms with Crippen molar-refractivity contribution >= 4 is 56.2 Å². The number of aliphatic imine (C=N–C) groups is 1. The Labute approximate surface area is 150 Å². The highest BCUT2D eigenvalue weighted by molar-refractivity contribution is 9.10. The molecule has 1 heterocycles. The third-order valence-electron chi connectivity index (χ3n) is 3.11. The molecule has 0 aliphatic carbocycles. The van der Waals surface area contributed by atoms with Crippen molar-refractivity contribution < 1.29 is 9.72 Å². The van der Waals surface area contributed by atoms with E-state index in [9.17, 15) is 14.9 Å². The van der Waals surface area contributed by atoms with E-state index < -0.39 is 4.92 Å². The molecule has 0 saturated carbocycles. The van der Waals surface area contributed by atoms with Crippen LogP contribution < -0.4 is 5.32 Å². The number of carbonyl (C=O) groups is 1. The van der Waals surface area contributed by atoms with Crippen LogP contribution in [0.1, 0.15) is 5.56 Å². The van der Waals surface area contributed by atoms with Crippen molar-refractivity contribution in [1.82, 2.24) is 5.32 Å². The zero-order valence-electron chi connectivity index (χ0n) is 12.1. The number of nitro groups is 1. The van der Waals surface area contributed by atoms with Crippen molar-refractivity contribution in [3.05, 3.63) is 73.6 Å². The van der Waals surface area contributed by atoms with Gasteiger partial charge < -0.3 is 5.32 Å². The number of benzene rings is 2. The van der Waals surface area contributed by atoms with Crippen molar-refractivity contribution in [1.29, 1.82) is 0 Å². The summed E-state index contributed by atoms with van der Waals surface area (Å²) in [7, 11) is 0. The second-order valence-electron chi connectivity index (χ2n) is 4.81. The smallest absolute Gasteiger partial charge is 0.269 e. The summed E-state index contributed by atoms with van der Waals surface area (Å²) in [6.45, 7) is 0. The minimum Gasteiger partial charge on any atom is -0.300 e. The largest absolute Gasteiger partial charge is 0.300 e. The van der Waals surface area contributed by atoms with E-state index in [1.54, 1.807) is 18.2 Å². The maximum Gasteiger partial charge on any atom is 0.269 e. The second kappa shape index (κ2) is 6.98. The molecule has 2 aromatic carbocycles. The van der Waals surface area contributed by atoms with Gasteiger partial charge in [0.1, 0.15) is 0 Å². The lowest BCUT2D eigenvalue weighted by molar-refractivity contribution is -0.384. The number of thioether (sulfide) groups is 1. The van der Waals surface area contributed by atoms with E-state index in [2.05, 4.69) is 26.2 Å². The minimum absolute atomic E-state index is 0.0122. The van der Waals surface area contributed by atoms with Crippen LogP contribution in [0.15, 0.2) is 62.9 Å². The lowest BCUT2D eigenvalue weighted by atomic mass is 10.2. The highest BCUT2D eigenvalue weighted by atomic mass is 79.9. The van der Waals surface area contributed by atoms with Crippen LogP contribution >= 0.6 is 27.7 Å². The summed E-state index contributed by atoms with van der Waals surface area (Å²) < 4.78 is 0.952. The van der Waals surface area contributed by atoms with E-state index in [-0.39, 0.29) is 11.6 Å². The van der Waals surface area contributed by atoms with Gasteiger partial charge in [0.25, 0.3) is 11.6 Å². The summed E-state index contributed by atoms with van der Waals surface area (Å²) >= 11 is 4.58. The Balaban J connectivity index is 1.79. The summed E-state index contributed by atoms with van der Waals surface area (Å²) in [6, 6.07) is 13.4. The van der Waals surface area contributed by atoms with Gasteiger partial charge in [0.05, 0.1) is 15.5 Å². The molecule has 1 amide bonds. The molecule has 1 N–H and O–H groups in total. The Morgan fingerprint density at radius 3 is 2.42 bits per heavy atom. The molecule has 0 radical (unpaired) electrons. The van der Waals surface area contributed by atoms with Gasteiger partial charge in [-0.1, -0.05) is 15.9 Å². The van der Waals surface area contributed by atoms with Gasteiger partial charge in [-0.25, -0.2) is 4.99 Å². The lowest BCUT2D eigenvalue weighted by Crippen LogP contribution is -2.19. The first-order valence-corrected chi connectivity index (χ1v) is 8.42. The summed E-state index contributed by atoms with van der Waals surface area (Å²) in [5, 5.41) is 13.8. The third kappa shape index (κ3) is 3.90. The Bertz CT molecular complexity index is 861. The number of hydrogen-bond acceptors (Lipinski definition) is 5. The third-order valence-corrected chi connectivity index (χ3v) is 4.55. The van der Waals surface area contributed by atoms with Gasteiger partial charge >= 0.3 is 0 Å². The highest BCUT2D eigenvalue weighted by Gasteiger charge is 2.23. The van der Waals surface area contributed by atoms with Gasteiger partial charge in [-0.15, -0.1) is 0 Å². The lowest BCUT2D eigenvalue weighted by Gasteiger charge is -1.96. The van der Waals surface area contributed by atoms with Gasteiger partial charge in [0, 0.05) is 16.6 Å². The first kappa shape index (κ1) is 16.4. The zero-order valence-corrected chi connectivity index (χ0v) is 14.5. The molecule has 3 rings (SSSR count). The van der Waals surface area contributed by atoms with Crippen LogP contribution in [0.5, 0.6) is 0 Å². The van der Waals surface area contributed by atoms with Crippen LogP contribution in [0.25, 0.3) is 6.08 Å². The van der Waals surface area contributed by atoms with Crippen LogP contribution in [0.3, 0.4) is 0 Å². The molecule has 1 saturated heterocycles. The van der Waals surface area contributed by atoms with Gasteiger partial charge in [0.15, 0.2) is 5.17 Å². The molecule has 0 spiro atoms. The summed E-state index contributed by atoms with van der Waals surface area (Å²) in [6.07, 6.45) is 1.67. The molecular weight excluding hydrogens is 394 g/mol. The zero-order chi connectivity index (χ0) is 17.1. The number of hydrogen-bond donors (Lipinski definition) is 1. The Morgan fingerprint density at radius 2 is 1.79 bits per heavy atom. The van der Waals surface area contributed by atoms with Crippen LogP contribution in [-0.4, -0.2) is 16.0 Å². The van der Waals surface area contributed by atoms with Crippen molar-refractivity contribution in [2.45, 2.75) is 0 Å². The molecule has 0 bridgehead atoms. The summed E-state index contributed by atoms with van der Waals surface area (Å²) in [4.78, 5) is 27.1. The Kier molecular flexibility index (Phi) is 4.77. The molecule has 120 valence electrons. The number of amides is 1. The quantitative estimate of drug-likeness (QED) is 0.471. The number of nitrogens with zero attached hydrogens (tertiary/aromatic N) is 2. The van der Waals surface area contributed by atoms with E-state index in [0.717, 1.165) is 10.2 Å². The number of nitrogens with one attached hydrogen (secondary N) is 1. The normalized spacial score (nSPS) is 17.3. The number of non-ortho nitro benzene ring substituents is 1. The Morgan fingerprint density at radius 1 is 1.12 bits per heavy atom. The van der Waals surface area contributed by atoms with Gasteiger partial charge in [-0.2, -0.15) is 0 Å². The number of rotatable bonds is 3. The molecular formula is C16H10BrN3O3S. The average molecular weight is 404 g/mol. The molecule has 2 aromatic rings. The molecule has 0 aromatic heterocycles. The van der Waals surface area contributed by atoms with E-state index in [0.29, 0.717) is 15.6 Å². The summed E-state index contributed by atoms with van der Waals surface area (Å²) in [5.74, 6) is -0.241. The molecule has 8 heteroatoms. The topological polar surface area (TPSA) is 84.6 Å². The van der Waals surface area contributed by atoms with Crippen molar-refractivity contribution in [3.8, 4) is 0 Å². The van der Waals surface area contributed by atoms with E-state index in [4.69, 9.17) is 0 Å². The second-order valence-corrected chi connectivity index (χ2v) is 6.75. The van der Waals surface area contributed by atoms with Crippen LogP contribution in [0.2, 0.25) is 0 Å². The maximum atomic E-state index is 12.0.